The first-order chi connectivity index (χ1) is 17.7. The smallest absolute Gasteiger partial charge is 0.273 e. The largest absolute Gasteiger partial charge is 0.457 e. The Balaban J connectivity index is 0.00000380. The molecule has 206 valence electrons. The van der Waals surface area contributed by atoms with Gasteiger partial charge in [0.05, 0.1) is 0 Å². The minimum atomic E-state index is -2.53. The van der Waals surface area contributed by atoms with Gasteiger partial charge in [-0.2, -0.15) is 0 Å². The lowest BCUT2D eigenvalue weighted by molar-refractivity contribution is -0.138. The Bertz CT molecular complexity index is 1280. The highest BCUT2D eigenvalue weighted by Gasteiger charge is 2.44. The van der Waals surface area contributed by atoms with E-state index < -0.39 is 34.5 Å². The molecule has 0 aliphatic rings. The van der Waals surface area contributed by atoms with E-state index in [2.05, 4.69) is 10.6 Å². The van der Waals surface area contributed by atoms with Crippen LogP contribution in [0.1, 0.15) is 33.8 Å². The van der Waals surface area contributed by atoms with Crippen LogP contribution in [0.5, 0.6) is 0 Å². The van der Waals surface area contributed by atoms with Gasteiger partial charge in [-0.1, -0.05) is 60.4 Å². The minimum absolute atomic E-state index is 0. The van der Waals surface area contributed by atoms with Crippen LogP contribution in [-0.4, -0.2) is 22.0 Å². The van der Waals surface area contributed by atoms with Gasteiger partial charge in [-0.3, -0.25) is 9.59 Å². The van der Waals surface area contributed by atoms with Gasteiger partial charge in [-0.15, -0.1) is 37.7 Å². The Morgan fingerprint density at radius 1 is 0.744 bits per heavy atom. The summed E-state index contributed by atoms with van der Waals surface area (Å²) in [4.78, 5) is 25.6. The number of nitrogens with one attached hydrogen (secondary N) is 2. The molecule has 2 unspecified atom stereocenters. The predicted molar refractivity (Wildman–Crippen MR) is 151 cm³/mol. The first kappa shape index (κ1) is 33.2. The van der Waals surface area contributed by atoms with Gasteiger partial charge in [0.25, 0.3) is 23.0 Å². The second-order valence-electron chi connectivity index (χ2n) is 8.29. The van der Waals surface area contributed by atoms with E-state index in [1.54, 1.807) is 36.4 Å². The van der Waals surface area contributed by atoms with Crippen molar-refractivity contribution in [2.75, 3.05) is 0 Å². The second kappa shape index (κ2) is 14.4. The van der Waals surface area contributed by atoms with Crippen molar-refractivity contribution in [3.05, 3.63) is 94.4 Å². The Labute approximate surface area is 239 Å². The van der Waals surface area contributed by atoms with Crippen molar-refractivity contribution >= 4 is 36.6 Å². The van der Waals surface area contributed by atoms with E-state index in [9.17, 15) is 19.8 Å². The maximum Gasteiger partial charge on any atom is 0.273 e. The van der Waals surface area contributed by atoms with Crippen molar-refractivity contribution in [2.24, 2.45) is 11.5 Å². The van der Waals surface area contributed by atoms with E-state index in [4.69, 9.17) is 28.7 Å². The average Bonchev–Trinajstić information content (AvgIpc) is 3.45. The molecule has 1 aromatic heterocycles. The van der Waals surface area contributed by atoms with Gasteiger partial charge < -0.3 is 36.7 Å². The summed E-state index contributed by atoms with van der Waals surface area (Å²) in [5, 5.41) is 26.9. The van der Waals surface area contributed by atoms with Crippen molar-refractivity contribution in [1.29, 1.82) is 0 Å². The number of halogens is 2. The fourth-order valence-electron chi connectivity index (χ4n) is 3.58. The molecule has 8 N–H and O–H groups in total. The topological polar surface area (TPSA) is 164 Å². The minimum Gasteiger partial charge on any atom is -0.457 e. The average molecular weight is 573 g/mol. The van der Waals surface area contributed by atoms with Crippen LogP contribution in [0.2, 0.25) is 0 Å². The summed E-state index contributed by atoms with van der Waals surface area (Å²) < 4.78 is 5.48. The van der Waals surface area contributed by atoms with Crippen LogP contribution in [-0.2, 0) is 47.0 Å². The van der Waals surface area contributed by atoms with Crippen LogP contribution in [0.25, 0.3) is 0 Å². The zero-order valence-corrected chi connectivity index (χ0v) is 22.5. The van der Waals surface area contributed by atoms with Crippen LogP contribution in [0.4, 0.5) is 0 Å². The van der Waals surface area contributed by atoms with Crippen LogP contribution in [0.15, 0.2) is 65.1 Å². The van der Waals surface area contributed by atoms with E-state index in [0.29, 0.717) is 13.1 Å². The third-order valence-corrected chi connectivity index (χ3v) is 5.75. The number of amides is 2. The van der Waals surface area contributed by atoms with Crippen molar-refractivity contribution in [3.63, 3.8) is 0 Å². The summed E-state index contributed by atoms with van der Waals surface area (Å²) >= 11 is 0. The summed E-state index contributed by atoms with van der Waals surface area (Å²) in [7, 11) is 0. The highest BCUT2D eigenvalue weighted by atomic mass is 35.5. The van der Waals surface area contributed by atoms with Gasteiger partial charge in [0.2, 0.25) is 0 Å². The second-order valence-corrected chi connectivity index (χ2v) is 8.29. The number of terminal acetylenes is 2. The standard InChI is InChI=1S/C28H28N4O5.2ClH/c1-3-27(35,25(33)31-17-21-9-5-7-19(13-21)15-29)23-11-12-24(37-23)28(36,4-2)26(34)32-18-22-10-6-8-20(14-22)16-30;;/h1-2,5-14,35-36H,15-18,29-30H2,(H,31,33)(H,32,34);2*1H. The molecule has 2 aromatic carbocycles. The van der Waals surface area contributed by atoms with Gasteiger partial charge in [0.1, 0.15) is 0 Å². The molecule has 2 amide bonds. The number of hydrogen-bond acceptors (Lipinski definition) is 7. The Hall–Kier alpha value is -3.80. The molecular formula is C28H30Cl2N4O5. The van der Waals surface area contributed by atoms with Crippen molar-refractivity contribution < 1.29 is 24.2 Å². The maximum atomic E-state index is 12.8. The van der Waals surface area contributed by atoms with Crippen LogP contribution in [0, 0.1) is 24.7 Å². The van der Waals surface area contributed by atoms with E-state index in [-0.39, 0.29) is 37.9 Å². The normalized spacial score (nSPS) is 13.2. The molecule has 11 heteroatoms. The molecule has 0 saturated carbocycles. The third kappa shape index (κ3) is 7.41. The van der Waals surface area contributed by atoms with Crippen molar-refractivity contribution in [1.82, 2.24) is 10.6 Å². The summed E-state index contributed by atoms with van der Waals surface area (Å²) in [6.07, 6.45) is 10.9. The lowest BCUT2D eigenvalue weighted by Crippen LogP contribution is -2.44. The predicted octanol–water partition coefficient (Wildman–Crippen LogP) is 1.31. The number of rotatable bonds is 10. The molecule has 9 nitrogen and oxygen atoms in total. The molecule has 3 aromatic rings. The number of nitrogens with two attached hydrogens (primary N) is 2. The van der Waals surface area contributed by atoms with Gasteiger partial charge >= 0.3 is 0 Å². The molecule has 3 rings (SSSR count). The first-order valence-electron chi connectivity index (χ1n) is 11.3. The summed E-state index contributed by atoms with van der Waals surface area (Å²) in [5.41, 5.74) is 9.44. The van der Waals surface area contributed by atoms with E-state index >= 15 is 0 Å². The molecule has 0 spiro atoms. The monoisotopic (exact) mass is 572 g/mol. The zero-order chi connectivity index (χ0) is 27.1. The quantitative estimate of drug-likeness (QED) is 0.199. The molecule has 2 atom stereocenters. The molecule has 0 bridgehead atoms. The molecule has 0 radical (unpaired) electrons. The van der Waals surface area contributed by atoms with Gasteiger partial charge in [-0.05, 0) is 34.4 Å². The Kier molecular flexibility index (Phi) is 12.3. The number of carbonyl (C=O) groups is 2. The SMILES string of the molecule is C#CC(O)(C(=O)NCc1cccc(CN)c1)c1ccc(C(O)(C#C)C(=O)NCc2cccc(CN)c2)o1.Cl.Cl. The number of hydrogen-bond donors (Lipinski definition) is 6. The summed E-state index contributed by atoms with van der Waals surface area (Å²) in [6.45, 7) is 0.784. The van der Waals surface area contributed by atoms with Crippen molar-refractivity contribution in [2.45, 2.75) is 37.4 Å². The molecular weight excluding hydrogens is 543 g/mol. The maximum absolute atomic E-state index is 12.8. The zero-order valence-electron chi connectivity index (χ0n) is 20.8. The number of furan rings is 1. The van der Waals surface area contributed by atoms with Crippen LogP contribution >= 0.6 is 24.8 Å². The van der Waals surface area contributed by atoms with Gasteiger partial charge in [0.15, 0.2) is 11.5 Å². The Morgan fingerprint density at radius 3 is 1.44 bits per heavy atom. The first-order valence-corrected chi connectivity index (χ1v) is 11.3. The van der Waals surface area contributed by atoms with E-state index in [1.165, 1.54) is 12.1 Å². The van der Waals surface area contributed by atoms with Gasteiger partial charge in [0, 0.05) is 26.2 Å². The fourth-order valence-corrected chi connectivity index (χ4v) is 3.58. The highest BCUT2D eigenvalue weighted by Crippen LogP contribution is 2.29. The molecule has 1 heterocycles. The molecule has 0 saturated heterocycles. The fraction of sp³-hybridized carbons (Fsp3) is 0.214. The van der Waals surface area contributed by atoms with Crippen molar-refractivity contribution in [3.8, 4) is 24.7 Å². The number of benzene rings is 2. The molecule has 39 heavy (non-hydrogen) atoms. The third-order valence-electron chi connectivity index (χ3n) is 5.75. The highest BCUT2D eigenvalue weighted by molar-refractivity contribution is 5.90. The van der Waals surface area contributed by atoms with Gasteiger partial charge in [-0.25, -0.2) is 0 Å². The number of aliphatic hydroxyl groups is 2. The molecule has 0 aliphatic heterocycles. The lowest BCUT2D eigenvalue weighted by atomic mass is 10.00. The molecule has 0 fully saturated rings. The molecule has 0 aliphatic carbocycles. The summed E-state index contributed by atoms with van der Waals surface area (Å²) in [5.74, 6) is 1.35. The Morgan fingerprint density at radius 2 is 1.10 bits per heavy atom. The van der Waals surface area contributed by atoms with E-state index in [1.807, 2.05) is 24.0 Å². The van der Waals surface area contributed by atoms with E-state index in [0.717, 1.165) is 22.3 Å². The lowest BCUT2D eigenvalue weighted by Gasteiger charge is -2.21. The van der Waals surface area contributed by atoms with Crippen LogP contribution < -0.4 is 22.1 Å². The van der Waals surface area contributed by atoms with Crippen LogP contribution in [0.3, 0.4) is 0 Å². The summed E-state index contributed by atoms with van der Waals surface area (Å²) in [6, 6.07) is 16.8. The number of carbonyl (C=O) groups excluding carboxylic acids is 2.